The summed E-state index contributed by atoms with van der Waals surface area (Å²) in [4.78, 5) is 8.90. The van der Waals surface area contributed by atoms with E-state index in [4.69, 9.17) is 11.6 Å². The Kier molecular flexibility index (Phi) is 3.85. The highest BCUT2D eigenvalue weighted by molar-refractivity contribution is 6.29. The van der Waals surface area contributed by atoms with Gasteiger partial charge >= 0.3 is 0 Å². The van der Waals surface area contributed by atoms with Crippen LogP contribution in [0.2, 0.25) is 5.15 Å². The number of halogens is 1. The van der Waals surface area contributed by atoms with Gasteiger partial charge in [0.05, 0.1) is 0 Å². The fraction of sp³-hybridized carbons (Fsp3) is 0.412. The van der Waals surface area contributed by atoms with Crippen LogP contribution in [0.1, 0.15) is 44.0 Å². The number of anilines is 1. The second-order valence-corrected chi connectivity index (χ2v) is 6.70. The van der Waals surface area contributed by atoms with Crippen LogP contribution in [0.15, 0.2) is 36.4 Å². The molecule has 0 saturated heterocycles. The minimum atomic E-state index is 0.0262. The Hall–Kier alpha value is -1.61. The van der Waals surface area contributed by atoms with E-state index in [2.05, 4.69) is 53.4 Å². The van der Waals surface area contributed by atoms with Gasteiger partial charge in [-0.25, -0.2) is 9.97 Å². The van der Waals surface area contributed by atoms with Crippen LogP contribution in [-0.2, 0) is 5.41 Å². The van der Waals surface area contributed by atoms with Gasteiger partial charge in [-0.05, 0) is 18.4 Å². The lowest BCUT2D eigenvalue weighted by Gasteiger charge is -2.26. The monoisotopic (exact) mass is 301 g/mol. The molecule has 3 rings (SSSR count). The third kappa shape index (κ3) is 3.53. The Morgan fingerprint density at radius 1 is 1.19 bits per heavy atom. The third-order valence-electron chi connectivity index (χ3n) is 3.92. The summed E-state index contributed by atoms with van der Waals surface area (Å²) in [5.41, 5.74) is 1.33. The number of hydrogen-bond acceptors (Lipinski definition) is 3. The van der Waals surface area contributed by atoms with Crippen LogP contribution in [-0.4, -0.2) is 16.5 Å². The normalized spacial score (nSPS) is 15.0. The molecule has 4 heteroatoms. The maximum Gasteiger partial charge on any atom is 0.135 e. The smallest absolute Gasteiger partial charge is 0.135 e. The van der Waals surface area contributed by atoms with Crippen molar-refractivity contribution in [2.45, 2.75) is 38.0 Å². The second kappa shape index (κ2) is 5.64. The van der Waals surface area contributed by atoms with Gasteiger partial charge in [0.1, 0.15) is 16.8 Å². The van der Waals surface area contributed by atoms with Crippen molar-refractivity contribution in [1.29, 1.82) is 0 Å². The lowest BCUT2D eigenvalue weighted by atomic mass is 9.85. The number of aromatic nitrogens is 2. The summed E-state index contributed by atoms with van der Waals surface area (Å²) in [6.07, 6.45) is 2.35. The van der Waals surface area contributed by atoms with Gasteiger partial charge in [0, 0.05) is 23.9 Å². The van der Waals surface area contributed by atoms with Crippen LogP contribution in [0.4, 0.5) is 5.82 Å². The molecule has 1 N–H and O–H groups in total. The zero-order valence-electron chi connectivity index (χ0n) is 12.4. The van der Waals surface area contributed by atoms with Gasteiger partial charge in [0.25, 0.3) is 0 Å². The lowest BCUT2D eigenvalue weighted by Crippen LogP contribution is -2.28. The standard InChI is InChI=1S/C17H20ClN3/c1-17(2,13-6-4-3-5-7-13)11-19-15-10-14(18)20-16(21-15)12-8-9-12/h3-7,10,12H,8-9,11H2,1-2H3,(H,19,20,21). The molecular formula is C17H20ClN3. The zero-order valence-corrected chi connectivity index (χ0v) is 13.2. The Morgan fingerprint density at radius 3 is 2.57 bits per heavy atom. The van der Waals surface area contributed by atoms with Crippen LogP contribution in [0.5, 0.6) is 0 Å². The summed E-state index contributed by atoms with van der Waals surface area (Å²) in [5.74, 6) is 2.20. The van der Waals surface area contributed by atoms with Crippen molar-refractivity contribution < 1.29 is 0 Å². The molecule has 0 atom stereocenters. The van der Waals surface area contributed by atoms with Crippen LogP contribution >= 0.6 is 11.6 Å². The predicted molar refractivity (Wildman–Crippen MR) is 87.0 cm³/mol. The van der Waals surface area contributed by atoms with Gasteiger partial charge in [-0.2, -0.15) is 0 Å². The molecule has 110 valence electrons. The summed E-state index contributed by atoms with van der Waals surface area (Å²) in [6.45, 7) is 5.24. The van der Waals surface area contributed by atoms with E-state index in [0.717, 1.165) is 18.2 Å². The van der Waals surface area contributed by atoms with Gasteiger partial charge in [0.15, 0.2) is 0 Å². The van der Waals surface area contributed by atoms with Crippen molar-refractivity contribution in [3.63, 3.8) is 0 Å². The van der Waals surface area contributed by atoms with Crippen molar-refractivity contribution in [3.8, 4) is 0 Å². The zero-order chi connectivity index (χ0) is 14.9. The van der Waals surface area contributed by atoms with Crippen molar-refractivity contribution in [3.05, 3.63) is 52.9 Å². The van der Waals surface area contributed by atoms with Gasteiger partial charge in [0.2, 0.25) is 0 Å². The second-order valence-electron chi connectivity index (χ2n) is 6.31. The highest BCUT2D eigenvalue weighted by Crippen LogP contribution is 2.38. The molecule has 0 bridgehead atoms. The average molecular weight is 302 g/mol. The number of hydrogen-bond donors (Lipinski definition) is 1. The summed E-state index contributed by atoms with van der Waals surface area (Å²) >= 11 is 6.10. The molecule has 3 nitrogen and oxygen atoms in total. The highest BCUT2D eigenvalue weighted by atomic mass is 35.5. The van der Waals surface area contributed by atoms with E-state index < -0.39 is 0 Å². The molecule has 0 aliphatic heterocycles. The summed E-state index contributed by atoms with van der Waals surface area (Å²) in [7, 11) is 0. The molecule has 0 spiro atoms. The van der Waals surface area contributed by atoms with Gasteiger partial charge in [-0.15, -0.1) is 0 Å². The number of benzene rings is 1. The number of nitrogens with zero attached hydrogens (tertiary/aromatic N) is 2. The Morgan fingerprint density at radius 2 is 1.90 bits per heavy atom. The molecule has 1 aromatic carbocycles. The van der Waals surface area contributed by atoms with E-state index in [0.29, 0.717) is 11.1 Å². The quantitative estimate of drug-likeness (QED) is 0.832. The molecule has 21 heavy (non-hydrogen) atoms. The van der Waals surface area contributed by atoms with Crippen molar-refractivity contribution in [2.75, 3.05) is 11.9 Å². The van der Waals surface area contributed by atoms with E-state index in [9.17, 15) is 0 Å². The number of rotatable bonds is 5. The average Bonchev–Trinajstić information content (AvgIpc) is 3.30. The van der Waals surface area contributed by atoms with Crippen molar-refractivity contribution in [1.82, 2.24) is 9.97 Å². The van der Waals surface area contributed by atoms with E-state index >= 15 is 0 Å². The molecule has 1 aliphatic rings. The molecular weight excluding hydrogens is 282 g/mol. The van der Waals surface area contributed by atoms with Crippen LogP contribution in [0.25, 0.3) is 0 Å². The molecule has 1 saturated carbocycles. The Bertz CT molecular complexity index is 621. The van der Waals surface area contributed by atoms with E-state index in [-0.39, 0.29) is 5.41 Å². The van der Waals surface area contributed by atoms with E-state index in [1.165, 1.54) is 18.4 Å². The first-order chi connectivity index (χ1) is 10.0. The highest BCUT2D eigenvalue weighted by Gasteiger charge is 2.27. The molecule has 1 heterocycles. The van der Waals surface area contributed by atoms with Crippen LogP contribution < -0.4 is 5.32 Å². The first kappa shape index (κ1) is 14.3. The fourth-order valence-electron chi connectivity index (χ4n) is 2.35. The molecule has 0 amide bonds. The van der Waals surface area contributed by atoms with Gasteiger partial charge < -0.3 is 5.32 Å². The molecule has 1 aliphatic carbocycles. The summed E-state index contributed by atoms with van der Waals surface area (Å²) in [6, 6.07) is 12.3. The number of nitrogens with one attached hydrogen (secondary N) is 1. The summed E-state index contributed by atoms with van der Waals surface area (Å²) in [5, 5.41) is 3.93. The lowest BCUT2D eigenvalue weighted by molar-refractivity contribution is 0.556. The third-order valence-corrected chi connectivity index (χ3v) is 4.12. The first-order valence-corrected chi connectivity index (χ1v) is 7.76. The van der Waals surface area contributed by atoms with Crippen LogP contribution in [0, 0.1) is 0 Å². The molecule has 1 aromatic heterocycles. The fourth-order valence-corrected chi connectivity index (χ4v) is 2.54. The largest absolute Gasteiger partial charge is 0.369 e. The first-order valence-electron chi connectivity index (χ1n) is 7.38. The predicted octanol–water partition coefficient (Wildman–Crippen LogP) is 4.40. The molecule has 2 aromatic rings. The van der Waals surface area contributed by atoms with Crippen LogP contribution in [0.3, 0.4) is 0 Å². The van der Waals surface area contributed by atoms with Crippen molar-refractivity contribution in [2.24, 2.45) is 0 Å². The molecule has 1 fully saturated rings. The van der Waals surface area contributed by atoms with Crippen molar-refractivity contribution >= 4 is 17.4 Å². The maximum atomic E-state index is 6.10. The summed E-state index contributed by atoms with van der Waals surface area (Å²) < 4.78 is 0. The Labute approximate surface area is 130 Å². The Balaban J connectivity index is 1.72. The molecule has 0 radical (unpaired) electrons. The topological polar surface area (TPSA) is 37.8 Å². The minimum absolute atomic E-state index is 0.0262. The van der Waals surface area contributed by atoms with E-state index in [1.54, 1.807) is 6.07 Å². The molecule has 0 unspecified atom stereocenters. The van der Waals surface area contributed by atoms with Gasteiger partial charge in [-0.3, -0.25) is 0 Å². The van der Waals surface area contributed by atoms with E-state index in [1.807, 2.05) is 6.07 Å². The minimum Gasteiger partial charge on any atom is -0.369 e. The SMILES string of the molecule is CC(C)(CNc1cc(Cl)nc(C2CC2)n1)c1ccccc1. The maximum absolute atomic E-state index is 6.10. The van der Waals surface area contributed by atoms with Gasteiger partial charge in [-0.1, -0.05) is 55.8 Å².